The third kappa shape index (κ3) is 3.16. The van der Waals surface area contributed by atoms with Gasteiger partial charge in [0, 0.05) is 0 Å². The van der Waals surface area contributed by atoms with Crippen molar-refractivity contribution in [1.82, 2.24) is 9.97 Å². The molecule has 22 heavy (non-hydrogen) atoms. The van der Waals surface area contributed by atoms with Crippen molar-refractivity contribution in [3.63, 3.8) is 0 Å². The predicted molar refractivity (Wildman–Crippen MR) is 81.3 cm³/mol. The van der Waals surface area contributed by atoms with Gasteiger partial charge in [0.15, 0.2) is 0 Å². The normalized spacial score (nSPS) is 10.7. The molecule has 0 aliphatic heterocycles. The maximum Gasteiger partial charge on any atom is 0.348 e. The number of thiophene rings is 1. The van der Waals surface area contributed by atoms with Crippen molar-refractivity contribution in [2.75, 3.05) is 13.2 Å². The Bertz CT molecular complexity index is 777. The summed E-state index contributed by atoms with van der Waals surface area (Å²) in [4.78, 5) is 43.0. The molecule has 0 aromatic carbocycles. The molecule has 0 spiro atoms. The molecule has 0 aliphatic carbocycles. The predicted octanol–water partition coefficient (Wildman–Crippen LogP) is 1.58. The fourth-order valence-corrected chi connectivity index (χ4v) is 3.11. The molecule has 1 N–H and O–H groups in total. The molecule has 0 saturated heterocycles. The van der Waals surface area contributed by atoms with Crippen LogP contribution in [0.2, 0.25) is 0 Å². The second-order valence-corrected chi connectivity index (χ2v) is 5.45. The van der Waals surface area contributed by atoms with E-state index in [2.05, 4.69) is 9.97 Å². The highest BCUT2D eigenvalue weighted by molar-refractivity contribution is 7.20. The van der Waals surface area contributed by atoms with E-state index in [9.17, 15) is 14.4 Å². The van der Waals surface area contributed by atoms with Gasteiger partial charge in [-0.2, -0.15) is 0 Å². The lowest BCUT2D eigenvalue weighted by Crippen LogP contribution is -2.16. The van der Waals surface area contributed by atoms with Crippen LogP contribution in [0.4, 0.5) is 0 Å². The molecule has 0 aliphatic rings. The van der Waals surface area contributed by atoms with Crippen molar-refractivity contribution in [2.45, 2.75) is 27.2 Å². The molecule has 2 rings (SSSR count). The van der Waals surface area contributed by atoms with Crippen LogP contribution in [0.5, 0.6) is 0 Å². The molecule has 0 unspecified atom stereocenters. The fraction of sp³-hybridized carbons (Fsp3) is 0.429. The molecular weight excluding hydrogens is 308 g/mol. The molecular formula is C14H16N2O5S. The molecule has 2 aromatic rings. The minimum Gasteiger partial charge on any atom is -0.466 e. The summed E-state index contributed by atoms with van der Waals surface area (Å²) in [5, 5.41) is 0.348. The Kier molecular flexibility index (Phi) is 4.92. The maximum atomic E-state index is 12.2. The maximum absolute atomic E-state index is 12.2. The highest BCUT2D eigenvalue weighted by atomic mass is 32.1. The SMILES string of the molecule is CCOC(=O)Cc1nc2sc(C(=O)OCC)c(C)c2c(=O)[nH]1. The number of fused-ring (bicyclic) bond motifs is 1. The van der Waals surface area contributed by atoms with Gasteiger partial charge in [-0.15, -0.1) is 11.3 Å². The van der Waals surface area contributed by atoms with Crippen LogP contribution >= 0.6 is 11.3 Å². The second-order valence-electron chi connectivity index (χ2n) is 4.45. The zero-order valence-electron chi connectivity index (χ0n) is 12.5. The van der Waals surface area contributed by atoms with E-state index < -0.39 is 11.9 Å². The number of carbonyl (C=O) groups excluding carboxylic acids is 2. The molecule has 0 bridgehead atoms. The Balaban J connectivity index is 2.45. The summed E-state index contributed by atoms with van der Waals surface area (Å²) in [5.74, 6) is -0.731. The van der Waals surface area contributed by atoms with Gasteiger partial charge in [0.25, 0.3) is 5.56 Å². The second kappa shape index (κ2) is 6.69. The van der Waals surface area contributed by atoms with Crippen LogP contribution in [0, 0.1) is 6.92 Å². The highest BCUT2D eigenvalue weighted by Gasteiger charge is 2.20. The average molecular weight is 324 g/mol. The molecule has 7 nitrogen and oxygen atoms in total. The third-order valence-corrected chi connectivity index (χ3v) is 4.09. The minimum absolute atomic E-state index is 0.120. The topological polar surface area (TPSA) is 98.3 Å². The number of carbonyl (C=O) groups is 2. The molecule has 8 heteroatoms. The summed E-state index contributed by atoms with van der Waals surface area (Å²) in [6.07, 6.45) is -0.120. The third-order valence-electron chi connectivity index (χ3n) is 2.93. The minimum atomic E-state index is -0.477. The Morgan fingerprint density at radius 3 is 2.55 bits per heavy atom. The van der Waals surface area contributed by atoms with Crippen molar-refractivity contribution in [2.24, 2.45) is 0 Å². The first-order valence-electron chi connectivity index (χ1n) is 6.82. The lowest BCUT2D eigenvalue weighted by atomic mass is 10.2. The van der Waals surface area contributed by atoms with Crippen molar-refractivity contribution < 1.29 is 19.1 Å². The van der Waals surface area contributed by atoms with Gasteiger partial charge < -0.3 is 14.5 Å². The van der Waals surface area contributed by atoms with Crippen molar-refractivity contribution in [3.8, 4) is 0 Å². The number of nitrogens with zero attached hydrogens (tertiary/aromatic N) is 1. The molecule has 0 amide bonds. The zero-order chi connectivity index (χ0) is 16.3. The molecule has 0 atom stereocenters. The fourth-order valence-electron chi connectivity index (χ4n) is 2.01. The molecule has 0 fully saturated rings. The average Bonchev–Trinajstić information content (AvgIpc) is 2.77. The first kappa shape index (κ1) is 16.2. The lowest BCUT2D eigenvalue weighted by Gasteiger charge is -2.01. The Morgan fingerprint density at radius 1 is 1.23 bits per heavy atom. The lowest BCUT2D eigenvalue weighted by molar-refractivity contribution is -0.142. The largest absolute Gasteiger partial charge is 0.466 e. The monoisotopic (exact) mass is 324 g/mol. The van der Waals surface area contributed by atoms with Crippen molar-refractivity contribution in [1.29, 1.82) is 0 Å². The highest BCUT2D eigenvalue weighted by Crippen LogP contribution is 2.27. The Morgan fingerprint density at radius 2 is 1.91 bits per heavy atom. The van der Waals surface area contributed by atoms with Crippen LogP contribution in [-0.4, -0.2) is 35.1 Å². The van der Waals surface area contributed by atoms with Crippen LogP contribution in [0.1, 0.15) is 34.9 Å². The van der Waals surface area contributed by atoms with Gasteiger partial charge in [-0.25, -0.2) is 9.78 Å². The summed E-state index contributed by atoms with van der Waals surface area (Å²) in [6.45, 7) is 5.60. The van der Waals surface area contributed by atoms with E-state index in [0.717, 1.165) is 11.3 Å². The van der Waals surface area contributed by atoms with Gasteiger partial charge in [-0.3, -0.25) is 9.59 Å². The number of H-pyrrole nitrogens is 1. The quantitative estimate of drug-likeness (QED) is 0.838. The number of aromatic amines is 1. The van der Waals surface area contributed by atoms with E-state index in [1.165, 1.54) is 0 Å². The number of hydrogen-bond donors (Lipinski definition) is 1. The number of aryl methyl sites for hydroxylation is 1. The van der Waals surface area contributed by atoms with Crippen molar-refractivity contribution in [3.05, 3.63) is 26.6 Å². The van der Waals surface area contributed by atoms with Crippen LogP contribution < -0.4 is 5.56 Å². The number of hydrogen-bond acceptors (Lipinski definition) is 7. The standard InChI is InChI=1S/C14H16N2O5S/c1-4-20-9(17)6-8-15-12(18)10-7(3)11(14(19)21-5-2)22-13(10)16-8/h4-6H2,1-3H3,(H,15,16,18). The molecule has 118 valence electrons. The Labute approximate surface area is 130 Å². The van der Waals surface area contributed by atoms with Gasteiger partial charge in [-0.05, 0) is 26.3 Å². The number of rotatable bonds is 5. The van der Waals surface area contributed by atoms with Crippen LogP contribution in [0.15, 0.2) is 4.79 Å². The van der Waals surface area contributed by atoms with Crippen LogP contribution in [0.25, 0.3) is 10.2 Å². The summed E-state index contributed by atoms with van der Waals surface area (Å²) < 4.78 is 9.79. The number of aromatic nitrogens is 2. The number of ether oxygens (including phenoxy) is 2. The van der Waals surface area contributed by atoms with Gasteiger partial charge in [-0.1, -0.05) is 0 Å². The molecule has 0 saturated carbocycles. The van der Waals surface area contributed by atoms with Crippen LogP contribution in [0.3, 0.4) is 0 Å². The molecule has 0 radical (unpaired) electrons. The number of nitrogens with one attached hydrogen (secondary N) is 1. The van der Waals surface area contributed by atoms with Gasteiger partial charge in [0.05, 0.1) is 18.6 Å². The molecule has 2 heterocycles. The van der Waals surface area contributed by atoms with E-state index in [-0.39, 0.29) is 31.0 Å². The Hall–Kier alpha value is -2.22. The van der Waals surface area contributed by atoms with Crippen LogP contribution in [-0.2, 0) is 20.7 Å². The van der Waals surface area contributed by atoms with E-state index in [0.29, 0.717) is 20.7 Å². The van der Waals surface area contributed by atoms with E-state index >= 15 is 0 Å². The molecule has 2 aromatic heterocycles. The van der Waals surface area contributed by atoms with Gasteiger partial charge >= 0.3 is 11.9 Å². The zero-order valence-corrected chi connectivity index (χ0v) is 13.3. The van der Waals surface area contributed by atoms with E-state index in [1.807, 2.05) is 0 Å². The summed E-state index contributed by atoms with van der Waals surface area (Å²) in [5.41, 5.74) is 0.156. The first-order valence-corrected chi connectivity index (χ1v) is 7.64. The van der Waals surface area contributed by atoms with Gasteiger partial charge in [0.1, 0.15) is 22.0 Å². The van der Waals surface area contributed by atoms with Gasteiger partial charge in [0.2, 0.25) is 0 Å². The van der Waals surface area contributed by atoms with Crippen molar-refractivity contribution >= 4 is 33.5 Å². The smallest absolute Gasteiger partial charge is 0.348 e. The summed E-state index contributed by atoms with van der Waals surface area (Å²) in [6, 6.07) is 0. The summed E-state index contributed by atoms with van der Waals surface area (Å²) in [7, 11) is 0. The van der Waals surface area contributed by atoms with E-state index in [1.54, 1.807) is 20.8 Å². The number of esters is 2. The first-order chi connectivity index (χ1) is 10.5. The van der Waals surface area contributed by atoms with E-state index in [4.69, 9.17) is 9.47 Å². The summed E-state index contributed by atoms with van der Waals surface area (Å²) >= 11 is 1.08.